The van der Waals surface area contributed by atoms with E-state index >= 15 is 0 Å². The maximum Gasteiger partial charge on any atom is 0.147 e. The second-order valence-corrected chi connectivity index (χ2v) is 4.83. The van der Waals surface area contributed by atoms with Gasteiger partial charge in [0.25, 0.3) is 0 Å². The number of hydrogen-bond donors (Lipinski definition) is 1. The second-order valence-electron chi connectivity index (χ2n) is 4.83. The van der Waals surface area contributed by atoms with Crippen molar-refractivity contribution in [3.8, 4) is 5.75 Å². The Labute approximate surface area is 113 Å². The summed E-state index contributed by atoms with van der Waals surface area (Å²) in [5, 5.41) is 10.4. The predicted molar refractivity (Wildman–Crippen MR) is 76.0 cm³/mol. The van der Waals surface area contributed by atoms with E-state index in [1.54, 1.807) is 0 Å². The van der Waals surface area contributed by atoms with Gasteiger partial charge < -0.3 is 9.84 Å². The average molecular weight is 252 g/mol. The van der Waals surface area contributed by atoms with Gasteiger partial charge in [0.2, 0.25) is 0 Å². The van der Waals surface area contributed by atoms with Crippen LogP contribution >= 0.6 is 0 Å². The van der Waals surface area contributed by atoms with Gasteiger partial charge in [0, 0.05) is 0 Å². The van der Waals surface area contributed by atoms with Crippen LogP contribution in [0.2, 0.25) is 0 Å². The highest BCUT2D eigenvalue weighted by molar-refractivity contribution is 5.58. The van der Waals surface area contributed by atoms with Gasteiger partial charge in [0.05, 0.1) is 0 Å². The molecule has 2 heteroatoms. The van der Waals surface area contributed by atoms with E-state index in [1.165, 1.54) is 5.56 Å². The minimum Gasteiger partial charge on any atom is -0.483 e. The topological polar surface area (TPSA) is 29.5 Å². The molecule has 96 valence electrons. The monoisotopic (exact) mass is 252 g/mol. The summed E-state index contributed by atoms with van der Waals surface area (Å²) >= 11 is 0. The summed E-state index contributed by atoms with van der Waals surface area (Å²) < 4.78 is 5.84. The van der Waals surface area contributed by atoms with Crippen LogP contribution in [0.25, 0.3) is 6.08 Å². The van der Waals surface area contributed by atoms with Gasteiger partial charge >= 0.3 is 0 Å². The van der Waals surface area contributed by atoms with Gasteiger partial charge in [-0.1, -0.05) is 48.0 Å². The molecule has 0 saturated heterocycles. The molecule has 2 nitrogen and oxygen atoms in total. The first-order valence-corrected chi connectivity index (χ1v) is 6.42. The molecule has 19 heavy (non-hydrogen) atoms. The first-order valence-electron chi connectivity index (χ1n) is 6.42. The summed E-state index contributed by atoms with van der Waals surface area (Å²) in [6, 6.07) is 15.7. The van der Waals surface area contributed by atoms with Crippen LogP contribution in [0.4, 0.5) is 0 Å². The summed E-state index contributed by atoms with van der Waals surface area (Å²) in [6.45, 7) is 2.04. The number of ether oxygens (including phenoxy) is 1. The molecule has 0 aromatic heterocycles. The van der Waals surface area contributed by atoms with Crippen molar-refractivity contribution in [3.05, 3.63) is 71.3 Å². The highest BCUT2D eigenvalue weighted by Gasteiger charge is 2.25. The number of hydrogen-bond acceptors (Lipinski definition) is 2. The molecule has 0 spiro atoms. The van der Waals surface area contributed by atoms with Crippen molar-refractivity contribution in [3.63, 3.8) is 0 Å². The molecule has 1 aliphatic rings. The maximum atomic E-state index is 10.4. The summed E-state index contributed by atoms with van der Waals surface area (Å²) in [7, 11) is 0. The summed E-state index contributed by atoms with van der Waals surface area (Å²) in [5.41, 5.74) is 3.17. The van der Waals surface area contributed by atoms with Crippen LogP contribution < -0.4 is 4.74 Å². The fraction of sp³-hybridized carbons (Fsp3) is 0.176. The standard InChI is InChI=1S/C17H16O2/c1-12-6-9-14(10-7-12)19-16-11-8-13-4-2-3-5-15(13)17(16)18/h2-11,16-18H,1H3/t16-,17?/m0/s1. The normalized spacial score (nSPS) is 20.9. The molecule has 0 aliphatic heterocycles. The first kappa shape index (κ1) is 12.0. The minimum atomic E-state index is -0.623. The van der Waals surface area contributed by atoms with Gasteiger partial charge in [0.1, 0.15) is 18.0 Å². The quantitative estimate of drug-likeness (QED) is 0.886. The van der Waals surface area contributed by atoms with Crippen LogP contribution in [-0.2, 0) is 0 Å². The van der Waals surface area contributed by atoms with E-state index in [4.69, 9.17) is 4.74 Å². The molecule has 0 fully saturated rings. The van der Waals surface area contributed by atoms with Gasteiger partial charge in [-0.2, -0.15) is 0 Å². The molecule has 0 saturated carbocycles. The van der Waals surface area contributed by atoms with Crippen molar-refractivity contribution in [1.82, 2.24) is 0 Å². The van der Waals surface area contributed by atoms with E-state index in [2.05, 4.69) is 0 Å². The Balaban J connectivity index is 1.83. The van der Waals surface area contributed by atoms with Gasteiger partial charge in [-0.05, 0) is 36.3 Å². The van der Waals surface area contributed by atoms with Gasteiger partial charge in [-0.25, -0.2) is 0 Å². The van der Waals surface area contributed by atoms with Crippen molar-refractivity contribution in [2.75, 3.05) is 0 Å². The van der Waals surface area contributed by atoms with Gasteiger partial charge in [-0.15, -0.1) is 0 Å². The molecule has 0 heterocycles. The molecule has 1 unspecified atom stereocenters. The van der Waals surface area contributed by atoms with Gasteiger partial charge in [-0.3, -0.25) is 0 Å². The fourth-order valence-electron chi connectivity index (χ4n) is 2.29. The average Bonchev–Trinajstić information content (AvgIpc) is 2.45. The number of rotatable bonds is 2. The second kappa shape index (κ2) is 4.90. The Morgan fingerprint density at radius 3 is 2.53 bits per heavy atom. The van der Waals surface area contributed by atoms with E-state index in [0.717, 1.165) is 16.9 Å². The van der Waals surface area contributed by atoms with Crippen LogP contribution in [0.3, 0.4) is 0 Å². The summed E-state index contributed by atoms with van der Waals surface area (Å²) in [6.07, 6.45) is 2.95. The number of benzene rings is 2. The lowest BCUT2D eigenvalue weighted by Gasteiger charge is -2.26. The lowest BCUT2D eigenvalue weighted by molar-refractivity contribution is 0.0623. The first-order chi connectivity index (χ1) is 9.24. The number of fused-ring (bicyclic) bond motifs is 1. The summed E-state index contributed by atoms with van der Waals surface area (Å²) in [4.78, 5) is 0. The zero-order chi connectivity index (χ0) is 13.2. The third-order valence-corrected chi connectivity index (χ3v) is 3.38. The highest BCUT2D eigenvalue weighted by Crippen LogP contribution is 2.30. The molecule has 2 aromatic rings. The number of aryl methyl sites for hydroxylation is 1. The highest BCUT2D eigenvalue weighted by atomic mass is 16.5. The fourth-order valence-corrected chi connectivity index (χ4v) is 2.29. The van der Waals surface area contributed by atoms with Crippen LogP contribution in [0.5, 0.6) is 5.75 Å². The van der Waals surface area contributed by atoms with E-state index in [-0.39, 0.29) is 6.10 Å². The summed E-state index contributed by atoms with van der Waals surface area (Å²) in [5.74, 6) is 0.777. The molecule has 1 N–H and O–H groups in total. The Hall–Kier alpha value is -2.06. The Morgan fingerprint density at radius 2 is 1.74 bits per heavy atom. The third-order valence-electron chi connectivity index (χ3n) is 3.38. The molecule has 0 bridgehead atoms. The zero-order valence-corrected chi connectivity index (χ0v) is 10.8. The molecule has 3 rings (SSSR count). The molecular weight excluding hydrogens is 236 g/mol. The van der Waals surface area contributed by atoms with Crippen LogP contribution in [-0.4, -0.2) is 11.2 Å². The SMILES string of the molecule is Cc1ccc(O[C@H]2C=Cc3ccccc3C2O)cc1. The van der Waals surface area contributed by atoms with E-state index in [0.29, 0.717) is 0 Å². The molecule has 2 aromatic carbocycles. The van der Waals surface area contributed by atoms with Crippen LogP contribution in [0, 0.1) is 6.92 Å². The van der Waals surface area contributed by atoms with E-state index in [9.17, 15) is 5.11 Å². The number of aliphatic hydroxyl groups is 1. The lowest BCUT2D eigenvalue weighted by atomic mass is 9.93. The van der Waals surface area contributed by atoms with Crippen molar-refractivity contribution >= 4 is 6.08 Å². The smallest absolute Gasteiger partial charge is 0.147 e. The Morgan fingerprint density at radius 1 is 1.00 bits per heavy atom. The van der Waals surface area contributed by atoms with Crippen molar-refractivity contribution < 1.29 is 9.84 Å². The maximum absolute atomic E-state index is 10.4. The zero-order valence-electron chi connectivity index (χ0n) is 10.8. The third kappa shape index (κ3) is 2.40. The van der Waals surface area contributed by atoms with Gasteiger partial charge in [0.15, 0.2) is 0 Å². The van der Waals surface area contributed by atoms with E-state index in [1.807, 2.05) is 67.6 Å². The molecular formula is C17H16O2. The van der Waals surface area contributed by atoms with Crippen molar-refractivity contribution in [2.45, 2.75) is 19.1 Å². The van der Waals surface area contributed by atoms with Crippen molar-refractivity contribution in [2.24, 2.45) is 0 Å². The predicted octanol–water partition coefficient (Wildman–Crippen LogP) is 3.50. The largest absolute Gasteiger partial charge is 0.483 e. The Kier molecular flexibility index (Phi) is 3.10. The Bertz CT molecular complexity index is 599. The minimum absolute atomic E-state index is 0.336. The lowest BCUT2D eigenvalue weighted by Crippen LogP contribution is -2.25. The molecule has 2 atom stereocenters. The van der Waals surface area contributed by atoms with E-state index < -0.39 is 6.10 Å². The van der Waals surface area contributed by atoms with Crippen LogP contribution in [0.15, 0.2) is 54.6 Å². The molecule has 1 aliphatic carbocycles. The van der Waals surface area contributed by atoms with Crippen LogP contribution in [0.1, 0.15) is 22.8 Å². The number of aliphatic hydroxyl groups excluding tert-OH is 1. The van der Waals surface area contributed by atoms with Crippen molar-refractivity contribution in [1.29, 1.82) is 0 Å². The molecule has 0 amide bonds. The molecule has 0 radical (unpaired) electrons.